The molecule has 0 amide bonds. The minimum absolute atomic E-state index is 0.323. The molecule has 1 aromatic heterocycles. The van der Waals surface area contributed by atoms with Crippen LogP contribution in [-0.2, 0) is 13.6 Å². The standard InChI is InChI=1S/C11H15N2O3P/c1-3-15-17(14,16-4-2)13-9-12-10-7-5-6-8-11(10)13/h5-9H,3-4H2,1-2H3. The van der Waals surface area contributed by atoms with Gasteiger partial charge in [-0.3, -0.25) is 9.05 Å². The lowest BCUT2D eigenvalue weighted by molar-refractivity contribution is 0.213. The number of imidazole rings is 1. The van der Waals surface area contributed by atoms with E-state index in [9.17, 15) is 4.57 Å². The van der Waals surface area contributed by atoms with Crippen molar-refractivity contribution in [2.24, 2.45) is 0 Å². The molecule has 1 aromatic carbocycles. The van der Waals surface area contributed by atoms with Crippen LogP contribution in [0.3, 0.4) is 0 Å². The van der Waals surface area contributed by atoms with Crippen molar-refractivity contribution in [3.8, 4) is 0 Å². The van der Waals surface area contributed by atoms with E-state index in [4.69, 9.17) is 9.05 Å². The summed E-state index contributed by atoms with van der Waals surface area (Å²) < 4.78 is 24.6. The first-order valence-electron chi connectivity index (χ1n) is 5.53. The molecule has 17 heavy (non-hydrogen) atoms. The summed E-state index contributed by atoms with van der Waals surface area (Å²) >= 11 is 0. The minimum atomic E-state index is -3.32. The van der Waals surface area contributed by atoms with Crippen molar-refractivity contribution < 1.29 is 13.6 Å². The van der Waals surface area contributed by atoms with Crippen molar-refractivity contribution in [2.75, 3.05) is 13.2 Å². The summed E-state index contributed by atoms with van der Waals surface area (Å²) in [5, 5.41) is 0. The first-order valence-corrected chi connectivity index (χ1v) is 7.03. The number of fused-ring (bicyclic) bond motifs is 1. The summed E-state index contributed by atoms with van der Waals surface area (Å²) in [6.07, 6.45) is 1.50. The second-order valence-electron chi connectivity index (χ2n) is 3.38. The van der Waals surface area contributed by atoms with E-state index in [0.29, 0.717) is 13.2 Å². The Bertz CT molecular complexity index is 542. The number of para-hydroxylation sites is 2. The molecule has 5 nitrogen and oxygen atoms in total. The number of hydrogen-bond acceptors (Lipinski definition) is 4. The Kier molecular flexibility index (Phi) is 3.62. The second kappa shape index (κ2) is 5.00. The molecule has 1 heterocycles. The molecule has 0 spiro atoms. The van der Waals surface area contributed by atoms with E-state index in [1.165, 1.54) is 10.7 Å². The molecule has 0 saturated carbocycles. The maximum atomic E-state index is 12.6. The molecule has 0 radical (unpaired) electrons. The highest BCUT2D eigenvalue weighted by Crippen LogP contribution is 2.50. The number of aromatic nitrogens is 2. The number of nitrogens with zero attached hydrogens (tertiary/aromatic N) is 2. The number of hydrogen-bond donors (Lipinski definition) is 0. The second-order valence-corrected chi connectivity index (χ2v) is 5.27. The van der Waals surface area contributed by atoms with Gasteiger partial charge in [-0.1, -0.05) is 12.1 Å². The van der Waals surface area contributed by atoms with E-state index in [1.807, 2.05) is 24.3 Å². The first kappa shape index (κ1) is 12.3. The van der Waals surface area contributed by atoms with Gasteiger partial charge in [0.2, 0.25) is 0 Å². The molecule has 2 rings (SSSR count). The zero-order valence-corrected chi connectivity index (χ0v) is 10.8. The summed E-state index contributed by atoms with van der Waals surface area (Å²) in [4.78, 5) is 4.18. The molecular weight excluding hydrogens is 239 g/mol. The van der Waals surface area contributed by atoms with Gasteiger partial charge in [-0.15, -0.1) is 0 Å². The van der Waals surface area contributed by atoms with E-state index in [2.05, 4.69) is 4.98 Å². The van der Waals surface area contributed by atoms with Crippen LogP contribution in [0, 0.1) is 0 Å². The molecule has 0 unspecified atom stereocenters. The third kappa shape index (κ3) is 2.27. The SMILES string of the molecule is CCOP(=O)(OCC)n1cnc2ccccc21. The van der Waals surface area contributed by atoms with Gasteiger partial charge in [0.05, 0.1) is 24.2 Å². The van der Waals surface area contributed by atoms with Gasteiger partial charge in [0.1, 0.15) is 6.33 Å². The predicted molar refractivity (Wildman–Crippen MR) is 66.0 cm³/mol. The van der Waals surface area contributed by atoms with Crippen molar-refractivity contribution in [1.82, 2.24) is 9.32 Å². The Morgan fingerprint density at radius 2 is 1.88 bits per heavy atom. The maximum Gasteiger partial charge on any atom is 0.440 e. The van der Waals surface area contributed by atoms with E-state index in [0.717, 1.165) is 11.0 Å². The zero-order chi connectivity index (χ0) is 12.3. The summed E-state index contributed by atoms with van der Waals surface area (Å²) in [5.74, 6) is 0. The normalized spacial score (nSPS) is 12.1. The maximum absolute atomic E-state index is 12.6. The third-order valence-corrected chi connectivity index (χ3v) is 4.30. The number of benzene rings is 1. The average molecular weight is 254 g/mol. The lowest BCUT2D eigenvalue weighted by atomic mass is 10.3. The lowest BCUT2D eigenvalue weighted by Gasteiger charge is -2.17. The van der Waals surface area contributed by atoms with Crippen LogP contribution in [0.2, 0.25) is 0 Å². The topological polar surface area (TPSA) is 53.4 Å². The van der Waals surface area contributed by atoms with Crippen LogP contribution in [0.4, 0.5) is 0 Å². The molecule has 0 aliphatic heterocycles. The molecule has 2 aromatic rings. The van der Waals surface area contributed by atoms with Crippen LogP contribution in [0.15, 0.2) is 30.6 Å². The molecule has 0 bridgehead atoms. The third-order valence-electron chi connectivity index (χ3n) is 2.28. The minimum Gasteiger partial charge on any atom is -0.292 e. The summed E-state index contributed by atoms with van der Waals surface area (Å²) in [5.41, 5.74) is 1.52. The van der Waals surface area contributed by atoms with Crippen LogP contribution in [0.5, 0.6) is 0 Å². The molecule has 6 heteroatoms. The van der Waals surface area contributed by atoms with E-state index >= 15 is 0 Å². The van der Waals surface area contributed by atoms with Gasteiger partial charge in [0.25, 0.3) is 0 Å². The van der Waals surface area contributed by atoms with Gasteiger partial charge in [0, 0.05) is 0 Å². The quantitative estimate of drug-likeness (QED) is 0.769. The van der Waals surface area contributed by atoms with Gasteiger partial charge in [-0.05, 0) is 26.0 Å². The van der Waals surface area contributed by atoms with Gasteiger partial charge in [0.15, 0.2) is 0 Å². The van der Waals surface area contributed by atoms with E-state index in [-0.39, 0.29) is 0 Å². The summed E-state index contributed by atoms with van der Waals surface area (Å²) in [7, 11) is -3.32. The van der Waals surface area contributed by atoms with Crippen LogP contribution >= 0.6 is 7.75 Å². The molecule has 0 fully saturated rings. The molecule has 92 valence electrons. The molecule has 0 aliphatic carbocycles. The molecular formula is C11H15N2O3P. The van der Waals surface area contributed by atoms with Crippen LogP contribution in [-0.4, -0.2) is 22.5 Å². The van der Waals surface area contributed by atoms with E-state index < -0.39 is 7.75 Å². The largest absolute Gasteiger partial charge is 0.440 e. The van der Waals surface area contributed by atoms with Crippen molar-refractivity contribution in [3.63, 3.8) is 0 Å². The predicted octanol–water partition coefficient (Wildman–Crippen LogP) is 3.07. The van der Waals surface area contributed by atoms with Crippen LogP contribution < -0.4 is 0 Å². The number of rotatable bonds is 5. The van der Waals surface area contributed by atoms with Crippen molar-refractivity contribution in [3.05, 3.63) is 30.6 Å². The molecule has 0 saturated heterocycles. The van der Waals surface area contributed by atoms with Gasteiger partial charge >= 0.3 is 7.75 Å². The zero-order valence-electron chi connectivity index (χ0n) is 9.87. The Labute approximate surface area is 100.0 Å². The Morgan fingerprint density at radius 3 is 2.53 bits per heavy atom. The van der Waals surface area contributed by atoms with Gasteiger partial charge in [-0.2, -0.15) is 0 Å². The van der Waals surface area contributed by atoms with Crippen molar-refractivity contribution >= 4 is 18.8 Å². The van der Waals surface area contributed by atoms with Gasteiger partial charge in [-0.25, -0.2) is 13.9 Å². The fourth-order valence-electron chi connectivity index (χ4n) is 1.63. The highest BCUT2D eigenvalue weighted by molar-refractivity contribution is 7.52. The highest BCUT2D eigenvalue weighted by Gasteiger charge is 2.28. The van der Waals surface area contributed by atoms with Crippen LogP contribution in [0.25, 0.3) is 11.0 Å². The Hall–Kier alpha value is -1.16. The fraction of sp³-hybridized carbons (Fsp3) is 0.364. The smallest absolute Gasteiger partial charge is 0.292 e. The molecule has 0 atom stereocenters. The monoisotopic (exact) mass is 254 g/mol. The molecule has 0 aliphatic rings. The van der Waals surface area contributed by atoms with Crippen molar-refractivity contribution in [1.29, 1.82) is 0 Å². The lowest BCUT2D eigenvalue weighted by Crippen LogP contribution is -2.03. The Morgan fingerprint density at radius 1 is 1.24 bits per heavy atom. The van der Waals surface area contributed by atoms with Crippen molar-refractivity contribution in [2.45, 2.75) is 13.8 Å². The van der Waals surface area contributed by atoms with E-state index in [1.54, 1.807) is 13.8 Å². The molecule has 0 N–H and O–H groups in total. The highest BCUT2D eigenvalue weighted by atomic mass is 31.2. The first-order chi connectivity index (χ1) is 8.21. The van der Waals surface area contributed by atoms with Gasteiger partial charge < -0.3 is 0 Å². The van der Waals surface area contributed by atoms with Crippen LogP contribution in [0.1, 0.15) is 13.8 Å². The average Bonchev–Trinajstić information content (AvgIpc) is 2.74. The Balaban J connectivity index is 2.52. The fourth-order valence-corrected chi connectivity index (χ4v) is 3.22. The summed E-state index contributed by atoms with van der Waals surface area (Å²) in [6.45, 7) is 4.21. The summed E-state index contributed by atoms with van der Waals surface area (Å²) in [6, 6.07) is 7.44.